The molecule has 0 atom stereocenters. The summed E-state index contributed by atoms with van der Waals surface area (Å²) in [6.07, 6.45) is 1.06. The number of aryl methyl sites for hydroxylation is 1. The van der Waals surface area contributed by atoms with Crippen LogP contribution >= 0.6 is 0 Å². The second-order valence-electron chi connectivity index (χ2n) is 3.85. The van der Waals surface area contributed by atoms with E-state index in [4.69, 9.17) is 5.26 Å². The fourth-order valence-corrected chi connectivity index (χ4v) is 1.52. The molecule has 0 saturated carbocycles. The lowest BCUT2D eigenvalue weighted by Gasteiger charge is -2.18. The number of rotatable bonds is 5. The van der Waals surface area contributed by atoms with Crippen LogP contribution in [0.15, 0.2) is 12.1 Å². The Morgan fingerprint density at radius 3 is 2.88 bits per heavy atom. The Morgan fingerprint density at radius 1 is 1.50 bits per heavy atom. The highest BCUT2D eigenvalue weighted by atomic mass is 15.2. The largest absolute Gasteiger partial charge is 0.360 e. The van der Waals surface area contributed by atoms with Gasteiger partial charge in [-0.2, -0.15) is 5.26 Å². The first kappa shape index (κ1) is 12.5. The molecule has 0 aromatic carbocycles. The predicted octanol–water partition coefficient (Wildman–Crippen LogP) is 1.31. The SMILES string of the molecule is CNCCCN(C)c1cc(C#N)cc(C)n1. The molecule has 1 aromatic rings. The van der Waals surface area contributed by atoms with Crippen LogP contribution in [0.25, 0.3) is 0 Å². The molecule has 0 saturated heterocycles. The van der Waals surface area contributed by atoms with Crippen molar-refractivity contribution in [3.05, 3.63) is 23.4 Å². The summed E-state index contributed by atoms with van der Waals surface area (Å²) in [6.45, 7) is 3.83. The summed E-state index contributed by atoms with van der Waals surface area (Å²) >= 11 is 0. The Balaban J connectivity index is 2.71. The van der Waals surface area contributed by atoms with E-state index in [9.17, 15) is 0 Å². The molecule has 0 radical (unpaired) electrons. The van der Waals surface area contributed by atoms with E-state index in [1.165, 1.54) is 0 Å². The van der Waals surface area contributed by atoms with Crippen molar-refractivity contribution in [1.82, 2.24) is 10.3 Å². The number of pyridine rings is 1. The fraction of sp³-hybridized carbons (Fsp3) is 0.500. The summed E-state index contributed by atoms with van der Waals surface area (Å²) < 4.78 is 0. The van der Waals surface area contributed by atoms with Crippen LogP contribution < -0.4 is 10.2 Å². The van der Waals surface area contributed by atoms with Gasteiger partial charge in [0.2, 0.25) is 0 Å². The number of hydrogen-bond donors (Lipinski definition) is 1. The molecule has 0 fully saturated rings. The molecule has 86 valence electrons. The van der Waals surface area contributed by atoms with E-state index in [0.717, 1.165) is 31.0 Å². The van der Waals surface area contributed by atoms with Crippen molar-refractivity contribution in [3.8, 4) is 6.07 Å². The quantitative estimate of drug-likeness (QED) is 0.757. The Hall–Kier alpha value is -1.60. The fourth-order valence-electron chi connectivity index (χ4n) is 1.52. The average molecular weight is 218 g/mol. The highest BCUT2D eigenvalue weighted by Gasteiger charge is 2.04. The van der Waals surface area contributed by atoms with Crippen molar-refractivity contribution in [2.45, 2.75) is 13.3 Å². The van der Waals surface area contributed by atoms with Crippen LogP contribution in [-0.2, 0) is 0 Å². The third-order valence-corrected chi connectivity index (χ3v) is 2.38. The molecule has 4 nitrogen and oxygen atoms in total. The normalized spacial score (nSPS) is 9.88. The molecule has 0 aliphatic carbocycles. The zero-order chi connectivity index (χ0) is 12.0. The van der Waals surface area contributed by atoms with Gasteiger partial charge < -0.3 is 10.2 Å². The number of anilines is 1. The molecule has 0 amide bonds. The van der Waals surface area contributed by atoms with E-state index in [2.05, 4.69) is 21.3 Å². The molecule has 0 aliphatic heterocycles. The summed E-state index contributed by atoms with van der Waals surface area (Å²) in [4.78, 5) is 6.49. The zero-order valence-corrected chi connectivity index (χ0v) is 10.1. The maximum absolute atomic E-state index is 8.88. The molecule has 4 heteroatoms. The topological polar surface area (TPSA) is 52.0 Å². The molecule has 1 heterocycles. The van der Waals surface area contributed by atoms with E-state index >= 15 is 0 Å². The molecule has 0 spiro atoms. The molecule has 1 aromatic heterocycles. The van der Waals surface area contributed by atoms with Gasteiger partial charge in [-0.25, -0.2) is 4.98 Å². The van der Waals surface area contributed by atoms with E-state index in [1.807, 2.05) is 27.1 Å². The Bertz CT molecular complexity index is 381. The van der Waals surface area contributed by atoms with E-state index < -0.39 is 0 Å². The van der Waals surface area contributed by atoms with Crippen LogP contribution in [0.1, 0.15) is 17.7 Å². The first-order chi connectivity index (χ1) is 7.67. The van der Waals surface area contributed by atoms with Gasteiger partial charge in [0, 0.05) is 19.3 Å². The second kappa shape index (κ2) is 6.09. The van der Waals surface area contributed by atoms with Crippen LogP contribution in [0.2, 0.25) is 0 Å². The molecule has 0 unspecified atom stereocenters. The first-order valence-corrected chi connectivity index (χ1v) is 5.42. The maximum Gasteiger partial charge on any atom is 0.129 e. The first-order valence-electron chi connectivity index (χ1n) is 5.42. The highest BCUT2D eigenvalue weighted by Crippen LogP contribution is 2.13. The molecular weight excluding hydrogens is 200 g/mol. The Morgan fingerprint density at radius 2 is 2.25 bits per heavy atom. The zero-order valence-electron chi connectivity index (χ0n) is 10.1. The van der Waals surface area contributed by atoms with Gasteiger partial charge in [0.05, 0.1) is 11.6 Å². The van der Waals surface area contributed by atoms with Crippen LogP contribution in [0.4, 0.5) is 5.82 Å². The Labute approximate surface area is 96.9 Å². The van der Waals surface area contributed by atoms with Crippen molar-refractivity contribution in [2.75, 3.05) is 32.1 Å². The van der Waals surface area contributed by atoms with Gasteiger partial charge in [0.1, 0.15) is 5.82 Å². The monoisotopic (exact) mass is 218 g/mol. The number of hydrogen-bond acceptors (Lipinski definition) is 4. The molecule has 16 heavy (non-hydrogen) atoms. The minimum absolute atomic E-state index is 0.669. The van der Waals surface area contributed by atoms with Crippen LogP contribution in [0.5, 0.6) is 0 Å². The highest BCUT2D eigenvalue weighted by molar-refractivity contribution is 5.45. The van der Waals surface area contributed by atoms with Gasteiger partial charge in [-0.3, -0.25) is 0 Å². The lowest BCUT2D eigenvalue weighted by atomic mass is 10.2. The number of nitrogens with one attached hydrogen (secondary N) is 1. The summed E-state index contributed by atoms with van der Waals surface area (Å²) in [5.41, 5.74) is 1.55. The van der Waals surface area contributed by atoms with Crippen LogP contribution in [-0.4, -0.2) is 32.2 Å². The number of nitrogens with zero attached hydrogens (tertiary/aromatic N) is 3. The molecular formula is C12H18N4. The minimum atomic E-state index is 0.669. The van der Waals surface area contributed by atoms with Gasteiger partial charge >= 0.3 is 0 Å². The van der Waals surface area contributed by atoms with Gasteiger partial charge in [-0.1, -0.05) is 0 Å². The van der Waals surface area contributed by atoms with Gasteiger partial charge in [-0.15, -0.1) is 0 Å². The molecule has 1 N–H and O–H groups in total. The van der Waals surface area contributed by atoms with Gasteiger partial charge in [-0.05, 0) is 39.1 Å². The van der Waals surface area contributed by atoms with Crippen LogP contribution in [0, 0.1) is 18.3 Å². The summed E-state index contributed by atoms with van der Waals surface area (Å²) in [6, 6.07) is 5.77. The van der Waals surface area contributed by atoms with E-state index in [0.29, 0.717) is 5.56 Å². The van der Waals surface area contributed by atoms with Crippen molar-refractivity contribution >= 4 is 5.82 Å². The summed E-state index contributed by atoms with van der Waals surface area (Å²) in [5, 5.41) is 12.0. The third-order valence-electron chi connectivity index (χ3n) is 2.38. The van der Waals surface area contributed by atoms with Crippen molar-refractivity contribution < 1.29 is 0 Å². The lowest BCUT2D eigenvalue weighted by Crippen LogP contribution is -2.23. The standard InChI is InChI=1S/C12H18N4/c1-10-7-11(9-13)8-12(15-10)16(3)6-4-5-14-2/h7-8,14H,4-6H2,1-3H3. The average Bonchev–Trinajstić information content (AvgIpc) is 2.28. The van der Waals surface area contributed by atoms with Crippen LogP contribution in [0.3, 0.4) is 0 Å². The van der Waals surface area contributed by atoms with Crippen molar-refractivity contribution in [3.63, 3.8) is 0 Å². The predicted molar refractivity (Wildman–Crippen MR) is 65.5 cm³/mol. The molecule has 1 rings (SSSR count). The maximum atomic E-state index is 8.88. The number of nitriles is 1. The third kappa shape index (κ3) is 3.52. The van der Waals surface area contributed by atoms with E-state index in [-0.39, 0.29) is 0 Å². The smallest absolute Gasteiger partial charge is 0.129 e. The number of aromatic nitrogens is 1. The Kier molecular flexibility index (Phi) is 4.74. The van der Waals surface area contributed by atoms with Crippen molar-refractivity contribution in [1.29, 1.82) is 5.26 Å². The minimum Gasteiger partial charge on any atom is -0.360 e. The second-order valence-corrected chi connectivity index (χ2v) is 3.85. The molecule has 0 aliphatic rings. The summed E-state index contributed by atoms with van der Waals surface area (Å²) in [5.74, 6) is 0.868. The van der Waals surface area contributed by atoms with E-state index in [1.54, 1.807) is 6.07 Å². The van der Waals surface area contributed by atoms with Gasteiger partial charge in [0.15, 0.2) is 0 Å². The summed E-state index contributed by atoms with van der Waals surface area (Å²) in [7, 11) is 3.94. The molecule has 0 bridgehead atoms. The van der Waals surface area contributed by atoms with Crippen molar-refractivity contribution in [2.24, 2.45) is 0 Å². The van der Waals surface area contributed by atoms with Gasteiger partial charge in [0.25, 0.3) is 0 Å². The lowest BCUT2D eigenvalue weighted by molar-refractivity contribution is 0.708.